The van der Waals surface area contributed by atoms with Gasteiger partial charge >= 0.3 is 0 Å². The van der Waals surface area contributed by atoms with Crippen LogP contribution in [0.4, 0.5) is 5.82 Å². The van der Waals surface area contributed by atoms with Crippen molar-refractivity contribution in [3.05, 3.63) is 28.9 Å². The average Bonchev–Trinajstić information content (AvgIpc) is 2.79. The van der Waals surface area contributed by atoms with E-state index in [2.05, 4.69) is 25.9 Å². The summed E-state index contributed by atoms with van der Waals surface area (Å²) in [6.07, 6.45) is 1.63. The minimum absolute atomic E-state index is 0.252. The number of hydrogen-bond acceptors (Lipinski definition) is 5. The molecule has 2 N–H and O–H groups in total. The lowest BCUT2D eigenvalue weighted by molar-refractivity contribution is 0.174. The van der Waals surface area contributed by atoms with Crippen molar-refractivity contribution in [2.75, 3.05) is 12.5 Å². The number of benzene rings is 1. The Morgan fingerprint density at radius 1 is 1.24 bits per heavy atom. The molecule has 0 saturated heterocycles. The third-order valence-electron chi connectivity index (χ3n) is 2.40. The summed E-state index contributed by atoms with van der Waals surface area (Å²) in [4.78, 5) is 8.39. The third kappa shape index (κ3) is 1.80. The van der Waals surface area contributed by atoms with Crippen LogP contribution < -0.4 is 15.2 Å². The number of hydrogen-bond donors (Lipinski definition) is 1. The minimum Gasteiger partial charge on any atom is -0.454 e. The Morgan fingerprint density at radius 2 is 2.06 bits per heavy atom. The fourth-order valence-corrected chi connectivity index (χ4v) is 1.75. The van der Waals surface area contributed by atoms with Gasteiger partial charge in [-0.2, -0.15) is 0 Å². The molecule has 0 radical (unpaired) electrons. The Balaban J connectivity index is 2.06. The summed E-state index contributed by atoms with van der Waals surface area (Å²) in [7, 11) is 0. The highest BCUT2D eigenvalue weighted by molar-refractivity contribution is 9.10. The monoisotopic (exact) mass is 293 g/mol. The number of ether oxygens (including phenoxy) is 2. The Labute approximate surface area is 106 Å². The van der Waals surface area contributed by atoms with Crippen LogP contribution in [0.3, 0.4) is 0 Å². The quantitative estimate of drug-likeness (QED) is 0.873. The molecular formula is C11H8BrN3O2. The molecule has 3 rings (SSSR count). The second kappa shape index (κ2) is 3.89. The molecule has 1 aliphatic rings. The van der Waals surface area contributed by atoms with Crippen LogP contribution in [0.5, 0.6) is 11.5 Å². The van der Waals surface area contributed by atoms with Crippen LogP contribution in [0.2, 0.25) is 0 Å². The predicted octanol–water partition coefficient (Wildman–Crippen LogP) is 2.22. The molecule has 1 aromatic carbocycles. The van der Waals surface area contributed by atoms with Crippen molar-refractivity contribution in [2.45, 2.75) is 0 Å². The highest BCUT2D eigenvalue weighted by atomic mass is 79.9. The highest BCUT2D eigenvalue weighted by Crippen LogP contribution is 2.35. The van der Waals surface area contributed by atoms with Crippen molar-refractivity contribution < 1.29 is 9.47 Å². The summed E-state index contributed by atoms with van der Waals surface area (Å²) in [5, 5.41) is 0. The van der Waals surface area contributed by atoms with Gasteiger partial charge in [-0.15, -0.1) is 0 Å². The number of nitrogens with zero attached hydrogens (tertiary/aromatic N) is 2. The first-order valence-corrected chi connectivity index (χ1v) is 5.71. The first kappa shape index (κ1) is 10.3. The minimum atomic E-state index is 0.252. The lowest BCUT2D eigenvalue weighted by atomic mass is 10.2. The molecule has 2 aromatic rings. The second-order valence-electron chi connectivity index (χ2n) is 3.49. The topological polar surface area (TPSA) is 70.3 Å². The van der Waals surface area contributed by atoms with Gasteiger partial charge < -0.3 is 15.2 Å². The standard InChI is InChI=1S/C11H8BrN3O2/c12-7-4-14-11(15-10(7)13)6-1-2-8-9(3-6)17-5-16-8/h1-4H,5H2,(H2,13,14,15). The number of anilines is 1. The molecule has 0 amide bonds. The summed E-state index contributed by atoms with van der Waals surface area (Å²) < 4.78 is 11.2. The molecule has 0 bridgehead atoms. The van der Waals surface area contributed by atoms with Gasteiger partial charge in [-0.05, 0) is 34.1 Å². The molecule has 0 atom stereocenters. The Hall–Kier alpha value is -1.82. The smallest absolute Gasteiger partial charge is 0.231 e. The van der Waals surface area contributed by atoms with E-state index < -0.39 is 0 Å². The number of halogens is 1. The van der Waals surface area contributed by atoms with Crippen LogP contribution in [0.15, 0.2) is 28.9 Å². The van der Waals surface area contributed by atoms with E-state index in [1.165, 1.54) is 0 Å². The van der Waals surface area contributed by atoms with Gasteiger partial charge in [0.2, 0.25) is 6.79 Å². The average molecular weight is 294 g/mol. The van der Waals surface area contributed by atoms with Gasteiger partial charge in [0.05, 0.1) is 4.47 Å². The van der Waals surface area contributed by atoms with Gasteiger partial charge in [-0.25, -0.2) is 9.97 Å². The summed E-state index contributed by atoms with van der Waals surface area (Å²) in [5.41, 5.74) is 6.56. The van der Waals surface area contributed by atoms with Crippen LogP contribution >= 0.6 is 15.9 Å². The molecule has 0 spiro atoms. The Kier molecular flexibility index (Phi) is 2.36. The SMILES string of the molecule is Nc1nc(-c2ccc3c(c2)OCO3)ncc1Br. The zero-order valence-corrected chi connectivity index (χ0v) is 10.3. The van der Waals surface area contributed by atoms with E-state index in [1.807, 2.05) is 18.2 Å². The normalized spacial score (nSPS) is 12.8. The van der Waals surface area contributed by atoms with Gasteiger partial charge in [-0.3, -0.25) is 0 Å². The summed E-state index contributed by atoms with van der Waals surface area (Å²) >= 11 is 3.26. The second-order valence-corrected chi connectivity index (χ2v) is 4.35. The lowest BCUT2D eigenvalue weighted by Crippen LogP contribution is -1.96. The van der Waals surface area contributed by atoms with Crippen molar-refractivity contribution in [1.29, 1.82) is 0 Å². The van der Waals surface area contributed by atoms with E-state index in [0.717, 1.165) is 11.3 Å². The zero-order valence-electron chi connectivity index (χ0n) is 8.68. The Bertz CT molecular complexity index is 589. The van der Waals surface area contributed by atoms with Crippen molar-refractivity contribution in [3.63, 3.8) is 0 Å². The third-order valence-corrected chi connectivity index (χ3v) is 3.01. The highest BCUT2D eigenvalue weighted by Gasteiger charge is 2.15. The van der Waals surface area contributed by atoms with E-state index >= 15 is 0 Å². The molecule has 17 heavy (non-hydrogen) atoms. The molecule has 1 aliphatic heterocycles. The maximum atomic E-state index is 5.72. The van der Waals surface area contributed by atoms with E-state index in [-0.39, 0.29) is 6.79 Å². The van der Waals surface area contributed by atoms with Crippen molar-refractivity contribution in [3.8, 4) is 22.9 Å². The molecule has 0 aliphatic carbocycles. The number of nitrogens with two attached hydrogens (primary N) is 1. The molecule has 2 heterocycles. The Morgan fingerprint density at radius 3 is 2.88 bits per heavy atom. The van der Waals surface area contributed by atoms with Crippen molar-refractivity contribution >= 4 is 21.7 Å². The molecule has 0 saturated carbocycles. The van der Waals surface area contributed by atoms with E-state index in [1.54, 1.807) is 6.20 Å². The summed E-state index contributed by atoms with van der Waals surface area (Å²) in [5.74, 6) is 2.41. The van der Waals surface area contributed by atoms with Crippen LogP contribution in [0.1, 0.15) is 0 Å². The fourth-order valence-electron chi connectivity index (χ4n) is 1.56. The maximum absolute atomic E-state index is 5.72. The van der Waals surface area contributed by atoms with Crippen molar-refractivity contribution in [2.24, 2.45) is 0 Å². The zero-order chi connectivity index (χ0) is 11.8. The van der Waals surface area contributed by atoms with Gasteiger partial charge in [-0.1, -0.05) is 0 Å². The maximum Gasteiger partial charge on any atom is 0.231 e. The largest absolute Gasteiger partial charge is 0.454 e. The van der Waals surface area contributed by atoms with E-state index in [4.69, 9.17) is 15.2 Å². The van der Waals surface area contributed by atoms with Crippen LogP contribution in [-0.4, -0.2) is 16.8 Å². The molecule has 5 nitrogen and oxygen atoms in total. The van der Waals surface area contributed by atoms with Crippen LogP contribution in [-0.2, 0) is 0 Å². The number of fused-ring (bicyclic) bond motifs is 1. The van der Waals surface area contributed by atoms with E-state index in [9.17, 15) is 0 Å². The molecule has 1 aromatic heterocycles. The molecule has 6 heteroatoms. The number of nitrogen functional groups attached to an aromatic ring is 1. The first-order chi connectivity index (χ1) is 8.24. The predicted molar refractivity (Wildman–Crippen MR) is 65.7 cm³/mol. The van der Waals surface area contributed by atoms with Crippen molar-refractivity contribution in [1.82, 2.24) is 9.97 Å². The van der Waals surface area contributed by atoms with Gasteiger partial charge in [0.25, 0.3) is 0 Å². The van der Waals surface area contributed by atoms with Crippen LogP contribution in [0.25, 0.3) is 11.4 Å². The molecule has 0 unspecified atom stereocenters. The fraction of sp³-hybridized carbons (Fsp3) is 0.0909. The number of rotatable bonds is 1. The lowest BCUT2D eigenvalue weighted by Gasteiger charge is -2.03. The molecular weight excluding hydrogens is 286 g/mol. The summed E-state index contributed by atoms with van der Waals surface area (Å²) in [6, 6.07) is 5.54. The van der Waals surface area contributed by atoms with E-state index in [0.29, 0.717) is 21.9 Å². The van der Waals surface area contributed by atoms with Gasteiger partial charge in [0, 0.05) is 11.8 Å². The molecule has 86 valence electrons. The van der Waals surface area contributed by atoms with Crippen LogP contribution in [0, 0.1) is 0 Å². The van der Waals surface area contributed by atoms with Gasteiger partial charge in [0.15, 0.2) is 17.3 Å². The number of aromatic nitrogens is 2. The summed E-state index contributed by atoms with van der Waals surface area (Å²) in [6.45, 7) is 0.252. The van der Waals surface area contributed by atoms with Gasteiger partial charge in [0.1, 0.15) is 5.82 Å². The molecule has 0 fully saturated rings. The first-order valence-electron chi connectivity index (χ1n) is 4.92.